The van der Waals surface area contributed by atoms with Gasteiger partial charge < -0.3 is 19.3 Å². The van der Waals surface area contributed by atoms with E-state index in [4.69, 9.17) is 16.3 Å². The summed E-state index contributed by atoms with van der Waals surface area (Å²) in [6.45, 7) is 5.15. The Morgan fingerprint density at radius 2 is 1.52 bits per heavy atom. The Balaban J connectivity index is 0.00000420. The van der Waals surface area contributed by atoms with Crippen LogP contribution in [0.1, 0.15) is 50.4 Å². The van der Waals surface area contributed by atoms with Crippen LogP contribution in [0.2, 0.25) is 5.02 Å². The van der Waals surface area contributed by atoms with Gasteiger partial charge in [-0.3, -0.25) is 19.4 Å². The van der Waals surface area contributed by atoms with Gasteiger partial charge in [0.1, 0.15) is 5.75 Å². The molecule has 3 aliphatic rings. The first-order valence-corrected chi connectivity index (χ1v) is 18.2. The third-order valence-corrected chi connectivity index (χ3v) is 10.7. The highest BCUT2D eigenvalue weighted by atomic mass is 35.5. The lowest BCUT2D eigenvalue weighted by Gasteiger charge is -2.40. The fraction of sp³-hybridized carbons (Fsp3) is 0.286. The SMILES string of the molecule is Cl.O=C(c1cc(-c2cc(Cl)ccc2C(=O)N2Cc3ccccc3C[C@H]2CN2CCOCC2)n2c1CCCC2)N(c1ccccc1)c1ccc(O)cc1. The van der Waals surface area contributed by atoms with Crippen LogP contribution in [0.5, 0.6) is 5.75 Å². The molecular weight excluding hydrogens is 695 g/mol. The number of para-hydroxylation sites is 1. The van der Waals surface area contributed by atoms with Gasteiger partial charge in [-0.25, -0.2) is 0 Å². The molecular formula is C42H42Cl2N4O4. The Morgan fingerprint density at radius 1 is 0.808 bits per heavy atom. The number of halogens is 2. The van der Waals surface area contributed by atoms with E-state index < -0.39 is 0 Å². The average Bonchev–Trinajstić information content (AvgIpc) is 3.56. The number of rotatable bonds is 7. The summed E-state index contributed by atoms with van der Waals surface area (Å²) < 4.78 is 7.84. The van der Waals surface area contributed by atoms with Gasteiger partial charge in [0.15, 0.2) is 0 Å². The van der Waals surface area contributed by atoms with Gasteiger partial charge in [0.05, 0.1) is 18.8 Å². The highest BCUT2D eigenvalue weighted by Gasteiger charge is 2.35. The maximum atomic E-state index is 14.9. The summed E-state index contributed by atoms with van der Waals surface area (Å²) in [5.41, 5.74) is 7.51. The zero-order chi connectivity index (χ0) is 34.9. The van der Waals surface area contributed by atoms with Crippen molar-refractivity contribution >= 4 is 47.2 Å². The fourth-order valence-electron chi connectivity index (χ4n) is 7.91. The molecule has 1 aromatic heterocycles. The Morgan fingerprint density at radius 3 is 2.29 bits per heavy atom. The summed E-state index contributed by atoms with van der Waals surface area (Å²) >= 11 is 6.71. The van der Waals surface area contributed by atoms with Crippen LogP contribution in [-0.4, -0.2) is 70.2 Å². The standard InChI is InChI=1S/C42H41ClN4O4.ClH/c43-31-13-18-36(41(49)46-27-30-9-5-4-8-29(30)24-34(46)28-44-20-22-51-23-21-44)37(25-31)40-26-38(39-12-6-7-19-45(39)40)42(50)47(32-10-2-1-3-11-32)33-14-16-35(48)17-15-33;/h1-5,8-11,13-18,25-26,34,48H,6-7,12,19-24,27-28H2;1H/t34-;/m0./s1. The molecule has 2 amide bonds. The smallest absolute Gasteiger partial charge is 0.264 e. The summed E-state index contributed by atoms with van der Waals surface area (Å²) in [5, 5.41) is 10.6. The maximum Gasteiger partial charge on any atom is 0.264 e. The number of carbonyl (C=O) groups is 2. The molecule has 1 atom stereocenters. The van der Waals surface area contributed by atoms with Gasteiger partial charge in [-0.1, -0.05) is 54.1 Å². The molecule has 0 radical (unpaired) electrons. The molecule has 4 aromatic carbocycles. The van der Waals surface area contributed by atoms with Crippen molar-refractivity contribution in [3.8, 4) is 17.0 Å². The Hall–Kier alpha value is -4.60. The number of phenols is 1. The second kappa shape index (κ2) is 15.6. The lowest BCUT2D eigenvalue weighted by atomic mass is 9.92. The largest absolute Gasteiger partial charge is 0.508 e. The van der Waals surface area contributed by atoms with Gasteiger partial charge in [-0.05, 0) is 97.5 Å². The summed E-state index contributed by atoms with van der Waals surface area (Å²) in [6, 6.07) is 32.1. The minimum Gasteiger partial charge on any atom is -0.508 e. The van der Waals surface area contributed by atoms with Crippen molar-refractivity contribution in [2.24, 2.45) is 0 Å². The normalized spacial score (nSPS) is 17.1. The molecule has 0 bridgehead atoms. The van der Waals surface area contributed by atoms with E-state index in [2.05, 4.69) is 27.7 Å². The van der Waals surface area contributed by atoms with Crippen molar-refractivity contribution in [1.82, 2.24) is 14.4 Å². The van der Waals surface area contributed by atoms with E-state index in [0.717, 1.165) is 74.5 Å². The fourth-order valence-corrected chi connectivity index (χ4v) is 8.08. The Labute approximate surface area is 315 Å². The van der Waals surface area contributed by atoms with Gasteiger partial charge in [-0.2, -0.15) is 0 Å². The zero-order valence-electron chi connectivity index (χ0n) is 28.9. The summed E-state index contributed by atoms with van der Waals surface area (Å²) in [7, 11) is 0. The number of nitrogens with zero attached hydrogens (tertiary/aromatic N) is 4. The molecule has 0 spiro atoms. The number of morpholine rings is 1. The van der Waals surface area contributed by atoms with Gasteiger partial charge >= 0.3 is 0 Å². The monoisotopic (exact) mass is 736 g/mol. The molecule has 1 fully saturated rings. The van der Waals surface area contributed by atoms with Gasteiger partial charge in [0.2, 0.25) is 0 Å². The highest BCUT2D eigenvalue weighted by Crippen LogP contribution is 2.38. The van der Waals surface area contributed by atoms with Crippen LogP contribution < -0.4 is 4.90 Å². The maximum absolute atomic E-state index is 14.9. The minimum atomic E-state index is -0.170. The molecule has 0 aliphatic carbocycles. The van der Waals surface area contributed by atoms with Crippen molar-refractivity contribution in [2.75, 3.05) is 37.7 Å². The van der Waals surface area contributed by atoms with E-state index in [9.17, 15) is 14.7 Å². The van der Waals surface area contributed by atoms with Crippen molar-refractivity contribution < 1.29 is 19.4 Å². The molecule has 3 aliphatic heterocycles. The van der Waals surface area contributed by atoms with Crippen molar-refractivity contribution in [1.29, 1.82) is 0 Å². The summed E-state index contributed by atoms with van der Waals surface area (Å²) in [4.78, 5) is 35.8. The van der Waals surface area contributed by atoms with Gasteiger partial charge in [0, 0.05) is 77.7 Å². The van der Waals surface area contributed by atoms with Crippen LogP contribution in [0.15, 0.2) is 103 Å². The Bertz CT molecular complexity index is 2060. The lowest BCUT2D eigenvalue weighted by Crippen LogP contribution is -2.52. The van der Waals surface area contributed by atoms with Crippen molar-refractivity contribution in [3.63, 3.8) is 0 Å². The first kappa shape index (κ1) is 35.8. The molecule has 268 valence electrons. The first-order valence-electron chi connectivity index (χ1n) is 17.8. The first-order chi connectivity index (χ1) is 24.9. The van der Waals surface area contributed by atoms with E-state index in [-0.39, 0.29) is 36.0 Å². The molecule has 0 saturated carbocycles. The second-order valence-corrected chi connectivity index (χ2v) is 14.1. The lowest BCUT2D eigenvalue weighted by molar-refractivity contribution is 0.0193. The van der Waals surface area contributed by atoms with Crippen molar-refractivity contribution in [2.45, 2.75) is 44.8 Å². The molecule has 1 N–H and O–H groups in total. The van der Waals surface area contributed by atoms with Gasteiger partial charge in [-0.15, -0.1) is 12.4 Å². The molecule has 8 rings (SSSR count). The van der Waals surface area contributed by atoms with E-state index in [1.807, 2.05) is 59.5 Å². The van der Waals surface area contributed by atoms with Crippen LogP contribution in [0.3, 0.4) is 0 Å². The number of ether oxygens (including phenoxy) is 1. The predicted molar refractivity (Wildman–Crippen MR) is 207 cm³/mol. The van der Waals surface area contributed by atoms with Crippen LogP contribution in [0.4, 0.5) is 11.4 Å². The quantitative estimate of drug-likeness (QED) is 0.183. The number of phenolic OH excluding ortho intramolecular Hbond substituents is 1. The summed E-state index contributed by atoms with van der Waals surface area (Å²) in [5.74, 6) is -0.0779. The van der Waals surface area contributed by atoms with Crippen LogP contribution in [0.25, 0.3) is 11.3 Å². The predicted octanol–water partition coefficient (Wildman–Crippen LogP) is 8.15. The van der Waals surface area contributed by atoms with E-state index in [1.54, 1.807) is 35.2 Å². The molecule has 1 saturated heterocycles. The molecule has 5 aromatic rings. The molecule has 10 heteroatoms. The molecule has 52 heavy (non-hydrogen) atoms. The van der Waals surface area contributed by atoms with E-state index in [0.29, 0.717) is 41.6 Å². The van der Waals surface area contributed by atoms with Gasteiger partial charge in [0.25, 0.3) is 11.8 Å². The number of benzene rings is 4. The number of aromatic nitrogens is 1. The molecule has 4 heterocycles. The minimum absolute atomic E-state index is 0. The zero-order valence-corrected chi connectivity index (χ0v) is 30.5. The summed E-state index contributed by atoms with van der Waals surface area (Å²) in [6.07, 6.45) is 3.46. The topological polar surface area (TPSA) is 78.3 Å². The van der Waals surface area contributed by atoms with Crippen LogP contribution >= 0.6 is 24.0 Å². The number of aromatic hydroxyl groups is 1. The van der Waals surface area contributed by atoms with E-state index >= 15 is 0 Å². The van der Waals surface area contributed by atoms with E-state index in [1.165, 1.54) is 11.1 Å². The molecule has 0 unspecified atom stereocenters. The van der Waals surface area contributed by atoms with Crippen LogP contribution in [-0.2, 0) is 30.7 Å². The van der Waals surface area contributed by atoms with Crippen molar-refractivity contribution in [3.05, 3.63) is 136 Å². The third kappa shape index (κ3) is 7.08. The van der Waals surface area contributed by atoms with Crippen LogP contribution in [0, 0.1) is 0 Å². The highest BCUT2D eigenvalue weighted by molar-refractivity contribution is 6.31. The number of carbonyl (C=O) groups excluding carboxylic acids is 2. The number of fused-ring (bicyclic) bond motifs is 2. The number of amides is 2. The number of hydrogen-bond donors (Lipinski definition) is 1. The third-order valence-electron chi connectivity index (χ3n) is 10.5. The average molecular weight is 738 g/mol. The number of anilines is 2. The second-order valence-electron chi connectivity index (χ2n) is 13.7. The molecule has 8 nitrogen and oxygen atoms in total. The number of hydrogen-bond acceptors (Lipinski definition) is 5. The Kier molecular flexibility index (Phi) is 10.7.